The van der Waals surface area contributed by atoms with Crippen molar-refractivity contribution in [2.24, 2.45) is 10.8 Å². The molecule has 6 heteroatoms. The van der Waals surface area contributed by atoms with Crippen LogP contribution in [0.3, 0.4) is 0 Å². The molecule has 1 fully saturated rings. The normalized spacial score (nSPS) is 25.6. The predicted molar refractivity (Wildman–Crippen MR) is 116 cm³/mol. The van der Waals surface area contributed by atoms with E-state index in [0.717, 1.165) is 36.1 Å². The highest BCUT2D eigenvalue weighted by atomic mass is 19.1. The molecule has 1 aromatic carbocycles. The molecule has 2 aliphatic rings. The number of nitrogens with zero attached hydrogens (tertiary/aromatic N) is 3. The van der Waals surface area contributed by atoms with E-state index in [-0.39, 0.29) is 17.8 Å². The quantitative estimate of drug-likeness (QED) is 0.649. The molecule has 3 atom stereocenters. The third kappa shape index (κ3) is 3.13. The van der Waals surface area contributed by atoms with Crippen molar-refractivity contribution in [2.75, 3.05) is 6.61 Å². The van der Waals surface area contributed by atoms with E-state index in [2.05, 4.69) is 23.1 Å². The summed E-state index contributed by atoms with van der Waals surface area (Å²) in [5.41, 5.74) is 4.05. The summed E-state index contributed by atoms with van der Waals surface area (Å²) in [5.74, 6) is -0.292. The zero-order chi connectivity index (χ0) is 21.6. The molecule has 0 aliphatic heterocycles. The lowest BCUT2D eigenvalue weighted by atomic mass is 9.59. The minimum atomic E-state index is -0.687. The highest BCUT2D eigenvalue weighted by Gasteiger charge is 2.56. The number of allylic oxidation sites excluding steroid dienone is 1. The van der Waals surface area contributed by atoms with Gasteiger partial charge in [0.15, 0.2) is 0 Å². The lowest BCUT2D eigenvalue weighted by Gasteiger charge is -2.46. The Kier molecular flexibility index (Phi) is 4.79. The number of rotatable bonds is 5. The van der Waals surface area contributed by atoms with E-state index in [1.807, 2.05) is 24.4 Å². The second-order valence-electron chi connectivity index (χ2n) is 9.07. The van der Waals surface area contributed by atoms with Crippen LogP contribution in [0.2, 0.25) is 0 Å². The Bertz CT molecular complexity index is 1140. The Morgan fingerprint density at radius 3 is 2.84 bits per heavy atom. The van der Waals surface area contributed by atoms with Crippen LogP contribution in [0, 0.1) is 16.6 Å². The Hall–Kier alpha value is -2.83. The van der Waals surface area contributed by atoms with Gasteiger partial charge in [-0.05, 0) is 67.2 Å². The molecule has 2 aromatic heterocycles. The van der Waals surface area contributed by atoms with Crippen molar-refractivity contribution in [1.29, 1.82) is 0 Å². The number of aliphatic hydroxyl groups excluding tert-OH is 2. The van der Waals surface area contributed by atoms with Gasteiger partial charge in [-0.25, -0.2) is 9.07 Å². The van der Waals surface area contributed by atoms with Crippen LogP contribution in [-0.2, 0) is 6.42 Å². The summed E-state index contributed by atoms with van der Waals surface area (Å²) in [4.78, 5) is 4.12. The Labute approximate surface area is 180 Å². The molecule has 0 radical (unpaired) electrons. The zero-order valence-corrected chi connectivity index (χ0v) is 17.5. The maximum Gasteiger partial charge on any atom is 0.125 e. The van der Waals surface area contributed by atoms with Crippen molar-refractivity contribution in [3.05, 3.63) is 83.2 Å². The molecular formula is C25H26FN3O2. The minimum absolute atomic E-state index is 0.00549. The molecule has 1 saturated carbocycles. The molecule has 0 amide bonds. The fourth-order valence-electron chi connectivity index (χ4n) is 5.55. The summed E-state index contributed by atoms with van der Waals surface area (Å²) in [5, 5.41) is 26.0. The van der Waals surface area contributed by atoms with Gasteiger partial charge in [0.05, 0.1) is 23.7 Å². The molecule has 0 spiro atoms. The second-order valence-corrected chi connectivity index (χ2v) is 9.07. The average molecular weight is 420 g/mol. The standard InChI is InChI=1S/C25H26FN3O2/c1-24-12-18-15-28-29(21-6-2-5-20(26)11-21)22(18)10-19(24)7-8-25(24,16-30)13-23(31)17-4-3-9-27-14-17/h2-6,9-11,14-15,23,30-31H,7-8,12-13,16H2,1H3/t23?,24-,25-/m0/s1. The number of aromatic nitrogens is 3. The van der Waals surface area contributed by atoms with Crippen LogP contribution in [0.15, 0.2) is 60.6 Å². The van der Waals surface area contributed by atoms with Gasteiger partial charge in [-0.15, -0.1) is 0 Å². The zero-order valence-electron chi connectivity index (χ0n) is 17.5. The van der Waals surface area contributed by atoms with E-state index in [1.54, 1.807) is 23.1 Å². The third-order valence-electron chi connectivity index (χ3n) is 7.50. The van der Waals surface area contributed by atoms with Crippen LogP contribution < -0.4 is 0 Å². The molecule has 2 heterocycles. The van der Waals surface area contributed by atoms with Crippen LogP contribution in [0.4, 0.5) is 4.39 Å². The van der Waals surface area contributed by atoms with Gasteiger partial charge >= 0.3 is 0 Å². The summed E-state index contributed by atoms with van der Waals surface area (Å²) in [6.07, 6.45) is 9.54. The number of pyridine rings is 1. The van der Waals surface area contributed by atoms with Gasteiger partial charge in [-0.1, -0.05) is 24.6 Å². The lowest BCUT2D eigenvalue weighted by molar-refractivity contribution is -0.0139. The molecule has 3 aromatic rings. The first-order valence-corrected chi connectivity index (χ1v) is 10.7. The minimum Gasteiger partial charge on any atom is -0.396 e. The molecule has 2 aliphatic carbocycles. The van der Waals surface area contributed by atoms with E-state index >= 15 is 0 Å². The molecule has 160 valence electrons. The second kappa shape index (κ2) is 7.39. The molecule has 0 saturated heterocycles. The van der Waals surface area contributed by atoms with Gasteiger partial charge in [-0.2, -0.15) is 5.10 Å². The van der Waals surface area contributed by atoms with Crippen LogP contribution >= 0.6 is 0 Å². The predicted octanol–water partition coefficient (Wildman–Crippen LogP) is 4.25. The monoisotopic (exact) mass is 419 g/mol. The first-order chi connectivity index (χ1) is 15.0. The van der Waals surface area contributed by atoms with E-state index in [9.17, 15) is 14.6 Å². The Morgan fingerprint density at radius 1 is 1.23 bits per heavy atom. The number of benzene rings is 1. The van der Waals surface area contributed by atoms with Gasteiger partial charge in [0, 0.05) is 29.8 Å². The molecule has 2 N–H and O–H groups in total. The van der Waals surface area contributed by atoms with Gasteiger partial charge in [0.2, 0.25) is 0 Å². The number of halogens is 1. The van der Waals surface area contributed by atoms with Crippen molar-refractivity contribution >= 4 is 6.08 Å². The fourth-order valence-corrected chi connectivity index (χ4v) is 5.55. The molecule has 0 bridgehead atoms. The lowest BCUT2D eigenvalue weighted by Crippen LogP contribution is -2.43. The van der Waals surface area contributed by atoms with E-state index in [0.29, 0.717) is 12.1 Å². The van der Waals surface area contributed by atoms with Crippen molar-refractivity contribution in [3.8, 4) is 5.69 Å². The SMILES string of the molecule is C[C@]12Cc3cnn(-c4cccc(F)c4)c3C=C1CC[C@@]2(CO)CC(O)c1cccnc1. The first-order valence-electron chi connectivity index (χ1n) is 10.7. The first kappa shape index (κ1) is 20.1. The maximum atomic E-state index is 13.8. The summed E-state index contributed by atoms with van der Waals surface area (Å²) >= 11 is 0. The summed E-state index contributed by atoms with van der Waals surface area (Å²) in [6, 6.07) is 10.1. The van der Waals surface area contributed by atoms with Gasteiger partial charge in [-0.3, -0.25) is 4.98 Å². The van der Waals surface area contributed by atoms with Crippen LogP contribution in [-0.4, -0.2) is 31.6 Å². The Morgan fingerprint density at radius 2 is 2.10 bits per heavy atom. The number of fused-ring (bicyclic) bond motifs is 2. The Balaban J connectivity index is 1.51. The van der Waals surface area contributed by atoms with Crippen molar-refractivity contribution < 1.29 is 14.6 Å². The van der Waals surface area contributed by atoms with Crippen LogP contribution in [0.25, 0.3) is 11.8 Å². The summed E-state index contributed by atoms with van der Waals surface area (Å²) in [7, 11) is 0. The maximum absolute atomic E-state index is 13.8. The molecule has 5 nitrogen and oxygen atoms in total. The number of hydrogen-bond acceptors (Lipinski definition) is 4. The van der Waals surface area contributed by atoms with Crippen molar-refractivity contribution in [2.45, 2.75) is 38.7 Å². The molecule has 31 heavy (non-hydrogen) atoms. The molecular weight excluding hydrogens is 393 g/mol. The summed E-state index contributed by atoms with van der Waals surface area (Å²) < 4.78 is 15.5. The highest BCUT2D eigenvalue weighted by Crippen LogP contribution is 2.62. The third-order valence-corrected chi connectivity index (χ3v) is 7.50. The molecule has 5 rings (SSSR count). The molecule has 1 unspecified atom stereocenters. The number of aliphatic hydroxyl groups is 2. The van der Waals surface area contributed by atoms with Gasteiger partial charge < -0.3 is 10.2 Å². The topological polar surface area (TPSA) is 71.2 Å². The average Bonchev–Trinajstić information content (AvgIpc) is 3.30. The van der Waals surface area contributed by atoms with E-state index in [4.69, 9.17) is 0 Å². The largest absolute Gasteiger partial charge is 0.396 e. The van der Waals surface area contributed by atoms with Gasteiger partial charge in [0.25, 0.3) is 0 Å². The summed E-state index contributed by atoms with van der Waals surface area (Å²) in [6.45, 7) is 2.20. The van der Waals surface area contributed by atoms with E-state index in [1.165, 1.54) is 17.7 Å². The van der Waals surface area contributed by atoms with Crippen molar-refractivity contribution in [1.82, 2.24) is 14.8 Å². The number of hydrogen-bond donors (Lipinski definition) is 2. The van der Waals surface area contributed by atoms with Crippen LogP contribution in [0.1, 0.15) is 49.1 Å². The smallest absolute Gasteiger partial charge is 0.125 e. The van der Waals surface area contributed by atoms with Crippen LogP contribution in [0.5, 0.6) is 0 Å². The fraction of sp³-hybridized carbons (Fsp3) is 0.360. The van der Waals surface area contributed by atoms with Gasteiger partial charge in [0.1, 0.15) is 5.82 Å². The highest BCUT2D eigenvalue weighted by molar-refractivity contribution is 5.62. The van der Waals surface area contributed by atoms with E-state index < -0.39 is 11.5 Å². The van der Waals surface area contributed by atoms with Crippen molar-refractivity contribution in [3.63, 3.8) is 0 Å².